The summed E-state index contributed by atoms with van der Waals surface area (Å²) in [7, 11) is 0. The lowest BCUT2D eigenvalue weighted by Gasteiger charge is -2.18. The van der Waals surface area contributed by atoms with E-state index in [1.165, 1.54) is 10.9 Å². The minimum absolute atomic E-state index is 0.115. The zero-order valence-corrected chi connectivity index (χ0v) is 13.4. The molecule has 0 saturated carbocycles. The van der Waals surface area contributed by atoms with Crippen molar-refractivity contribution in [3.05, 3.63) is 50.2 Å². The third-order valence-electron chi connectivity index (χ3n) is 3.21. The molecular weight excluding hydrogens is 319 g/mol. The largest absolute Gasteiger partial charge is 0.416 e. The van der Waals surface area contributed by atoms with Gasteiger partial charge in [-0.15, -0.1) is 11.3 Å². The number of rotatable bonds is 3. The van der Waals surface area contributed by atoms with Gasteiger partial charge in [0.05, 0.1) is 16.3 Å². The number of hydrogen-bond donors (Lipinski definition) is 1. The highest BCUT2D eigenvalue weighted by Gasteiger charge is 2.31. The molecule has 21 heavy (non-hydrogen) atoms. The summed E-state index contributed by atoms with van der Waals surface area (Å²) in [6, 6.07) is 5.23. The van der Waals surface area contributed by atoms with E-state index in [0.717, 1.165) is 22.6 Å². The molecule has 0 aliphatic heterocycles. The lowest BCUT2D eigenvalue weighted by atomic mass is 10.1. The van der Waals surface area contributed by atoms with Crippen molar-refractivity contribution in [1.29, 1.82) is 0 Å². The molecule has 1 aromatic heterocycles. The smallest absolute Gasteiger partial charge is 0.377 e. The quantitative estimate of drug-likeness (QED) is 0.704. The molecule has 0 fully saturated rings. The fourth-order valence-corrected chi connectivity index (χ4v) is 3.40. The van der Waals surface area contributed by atoms with E-state index < -0.39 is 11.7 Å². The van der Waals surface area contributed by atoms with Crippen LogP contribution in [0.5, 0.6) is 0 Å². The van der Waals surface area contributed by atoms with Gasteiger partial charge in [0, 0.05) is 15.8 Å². The molecule has 0 aliphatic rings. The first-order valence-electron chi connectivity index (χ1n) is 6.38. The lowest BCUT2D eigenvalue weighted by Crippen LogP contribution is -2.10. The van der Waals surface area contributed by atoms with Gasteiger partial charge in [-0.25, -0.2) is 0 Å². The Morgan fingerprint density at radius 1 is 1.19 bits per heavy atom. The molecular formula is C15H15ClF3NS. The Bertz CT molecular complexity index is 649. The summed E-state index contributed by atoms with van der Waals surface area (Å²) in [5, 5.41) is 3.35. The third-order valence-corrected chi connectivity index (χ3v) is 4.52. The summed E-state index contributed by atoms with van der Waals surface area (Å²) < 4.78 is 38.3. The molecule has 0 aliphatic carbocycles. The molecule has 1 atom stereocenters. The summed E-state index contributed by atoms with van der Waals surface area (Å²) in [6.07, 6.45) is -4.38. The highest BCUT2D eigenvalue weighted by Crippen LogP contribution is 2.36. The monoisotopic (exact) mass is 333 g/mol. The maximum atomic E-state index is 12.8. The second-order valence-electron chi connectivity index (χ2n) is 4.93. The minimum atomic E-state index is -4.38. The first-order valence-corrected chi connectivity index (χ1v) is 7.58. The minimum Gasteiger partial charge on any atom is -0.377 e. The normalized spacial score (nSPS) is 13.3. The SMILES string of the molecule is Cc1cc(C(C)Nc2cc(C(F)(F)F)ccc2Cl)c(C)s1. The molecule has 1 unspecified atom stereocenters. The maximum Gasteiger partial charge on any atom is 0.416 e. The van der Waals surface area contributed by atoms with Gasteiger partial charge in [0.1, 0.15) is 0 Å². The highest BCUT2D eigenvalue weighted by molar-refractivity contribution is 7.12. The molecule has 114 valence electrons. The Balaban J connectivity index is 2.28. The number of nitrogens with one attached hydrogen (secondary N) is 1. The molecule has 0 radical (unpaired) electrons. The molecule has 1 nitrogen and oxygen atoms in total. The van der Waals surface area contributed by atoms with E-state index in [1.807, 2.05) is 26.8 Å². The number of benzene rings is 1. The van der Waals surface area contributed by atoms with Gasteiger partial charge in [-0.2, -0.15) is 13.2 Å². The number of alkyl halides is 3. The predicted molar refractivity (Wildman–Crippen MR) is 82.3 cm³/mol. The van der Waals surface area contributed by atoms with Gasteiger partial charge in [0.15, 0.2) is 0 Å². The summed E-state index contributed by atoms with van der Waals surface area (Å²) in [5.74, 6) is 0. The fraction of sp³-hybridized carbons (Fsp3) is 0.333. The Hall–Kier alpha value is -1.20. The molecule has 1 aromatic carbocycles. The van der Waals surface area contributed by atoms with Gasteiger partial charge < -0.3 is 5.32 Å². The second kappa shape index (κ2) is 5.89. The van der Waals surface area contributed by atoms with E-state index >= 15 is 0 Å². The van der Waals surface area contributed by atoms with Gasteiger partial charge in [-0.1, -0.05) is 11.6 Å². The van der Waals surface area contributed by atoms with Crippen LogP contribution in [0.1, 0.15) is 33.8 Å². The zero-order valence-electron chi connectivity index (χ0n) is 11.8. The van der Waals surface area contributed by atoms with Gasteiger partial charge in [-0.3, -0.25) is 0 Å². The van der Waals surface area contributed by atoms with Crippen LogP contribution in [0, 0.1) is 13.8 Å². The van der Waals surface area contributed by atoms with E-state index in [1.54, 1.807) is 11.3 Å². The first-order chi connectivity index (χ1) is 9.68. The van der Waals surface area contributed by atoms with E-state index in [2.05, 4.69) is 5.32 Å². The van der Waals surface area contributed by atoms with Gasteiger partial charge >= 0.3 is 6.18 Å². The van der Waals surface area contributed by atoms with Gasteiger partial charge in [0.25, 0.3) is 0 Å². The van der Waals surface area contributed by atoms with E-state index in [9.17, 15) is 13.2 Å². The van der Waals surface area contributed by atoms with Crippen LogP contribution in [-0.2, 0) is 6.18 Å². The Kier molecular flexibility index (Phi) is 4.54. The molecule has 0 amide bonds. The van der Waals surface area contributed by atoms with Crippen LogP contribution in [0.25, 0.3) is 0 Å². The van der Waals surface area contributed by atoms with Crippen LogP contribution >= 0.6 is 22.9 Å². The van der Waals surface area contributed by atoms with E-state index in [-0.39, 0.29) is 11.1 Å². The lowest BCUT2D eigenvalue weighted by molar-refractivity contribution is -0.137. The van der Waals surface area contributed by atoms with Crippen LogP contribution in [-0.4, -0.2) is 0 Å². The summed E-state index contributed by atoms with van der Waals surface area (Å²) in [6.45, 7) is 5.91. The molecule has 0 bridgehead atoms. The molecule has 6 heteroatoms. The number of aryl methyl sites for hydroxylation is 2. The topological polar surface area (TPSA) is 12.0 Å². The van der Waals surface area contributed by atoms with Crippen molar-refractivity contribution in [2.75, 3.05) is 5.32 Å². The summed E-state index contributed by atoms with van der Waals surface area (Å²) in [4.78, 5) is 2.32. The molecule has 2 aromatic rings. The van der Waals surface area contributed by atoms with Crippen molar-refractivity contribution in [1.82, 2.24) is 0 Å². The molecule has 0 spiro atoms. The Morgan fingerprint density at radius 3 is 2.38 bits per heavy atom. The van der Waals surface area contributed by atoms with Crippen molar-refractivity contribution in [2.24, 2.45) is 0 Å². The zero-order chi connectivity index (χ0) is 15.8. The molecule has 1 heterocycles. The van der Waals surface area contributed by atoms with Crippen molar-refractivity contribution >= 4 is 28.6 Å². The maximum absolute atomic E-state index is 12.8. The number of thiophene rings is 1. The van der Waals surface area contributed by atoms with Crippen LogP contribution < -0.4 is 5.32 Å². The Morgan fingerprint density at radius 2 is 1.86 bits per heavy atom. The van der Waals surface area contributed by atoms with Crippen molar-refractivity contribution in [3.8, 4) is 0 Å². The highest BCUT2D eigenvalue weighted by atomic mass is 35.5. The number of halogens is 4. The van der Waals surface area contributed by atoms with Crippen LogP contribution in [0.15, 0.2) is 24.3 Å². The third kappa shape index (κ3) is 3.71. The van der Waals surface area contributed by atoms with Crippen LogP contribution in [0.3, 0.4) is 0 Å². The van der Waals surface area contributed by atoms with E-state index in [0.29, 0.717) is 5.69 Å². The van der Waals surface area contributed by atoms with Gasteiger partial charge in [0.2, 0.25) is 0 Å². The fourth-order valence-electron chi connectivity index (χ4n) is 2.20. The summed E-state index contributed by atoms with van der Waals surface area (Å²) >= 11 is 7.66. The Labute approximate surface area is 130 Å². The number of hydrogen-bond acceptors (Lipinski definition) is 2. The van der Waals surface area contributed by atoms with E-state index in [4.69, 9.17) is 11.6 Å². The predicted octanol–water partition coefficient (Wildman–Crippen LogP) is 6.21. The second-order valence-corrected chi connectivity index (χ2v) is 6.79. The first kappa shape index (κ1) is 16.2. The number of anilines is 1. The molecule has 1 N–H and O–H groups in total. The molecule has 0 saturated heterocycles. The van der Waals surface area contributed by atoms with Crippen LogP contribution in [0.4, 0.5) is 18.9 Å². The average Bonchev–Trinajstić information content (AvgIpc) is 2.70. The van der Waals surface area contributed by atoms with Crippen LogP contribution in [0.2, 0.25) is 5.02 Å². The average molecular weight is 334 g/mol. The standard InChI is InChI=1S/C15H15ClF3NS/c1-8-6-12(10(3)21-8)9(2)20-14-7-11(15(17,18)19)4-5-13(14)16/h4-7,9,20H,1-3H3. The molecule has 2 rings (SSSR count). The summed E-state index contributed by atoms with van der Waals surface area (Å²) in [5.41, 5.74) is 0.660. The van der Waals surface area contributed by atoms with Gasteiger partial charge in [-0.05, 0) is 50.6 Å². The van der Waals surface area contributed by atoms with Crippen molar-refractivity contribution < 1.29 is 13.2 Å². The van der Waals surface area contributed by atoms with Crippen molar-refractivity contribution in [2.45, 2.75) is 33.0 Å². The van der Waals surface area contributed by atoms with Crippen molar-refractivity contribution in [3.63, 3.8) is 0 Å².